The number of rotatable bonds is 8. The summed E-state index contributed by atoms with van der Waals surface area (Å²) in [6.07, 6.45) is -0.186. The molecule has 0 aromatic heterocycles. The standard InChI is InChI=1S/C26H35N3O5/c1-17-13-29(18(2)16-30)25(31)22-12-21(27(3)4)10-11-23(22)34-24(17)15-28(5)14-19-6-8-20(9-7-19)26(32)33/h6-12,17-18,24,30H,13-16H2,1-5H3,(H,32,33)/t17-,18-,24+/m0/s1. The maximum Gasteiger partial charge on any atom is 0.335 e. The predicted molar refractivity (Wildman–Crippen MR) is 132 cm³/mol. The summed E-state index contributed by atoms with van der Waals surface area (Å²) in [5.74, 6) is -0.515. The van der Waals surface area contributed by atoms with Gasteiger partial charge in [-0.1, -0.05) is 19.1 Å². The smallest absolute Gasteiger partial charge is 0.335 e. The van der Waals surface area contributed by atoms with Crippen LogP contribution in [-0.4, -0.2) is 84.9 Å². The molecule has 3 rings (SSSR count). The molecular formula is C26H35N3O5. The molecule has 2 aromatic carbocycles. The lowest BCUT2D eigenvalue weighted by Gasteiger charge is -2.38. The first kappa shape index (κ1) is 25.5. The number of hydrogen-bond acceptors (Lipinski definition) is 6. The van der Waals surface area contributed by atoms with E-state index in [9.17, 15) is 14.7 Å². The summed E-state index contributed by atoms with van der Waals surface area (Å²) in [6, 6.07) is 12.2. The number of carboxylic acids is 1. The molecule has 0 spiro atoms. The molecule has 0 fully saturated rings. The van der Waals surface area contributed by atoms with Crippen molar-refractivity contribution in [3.63, 3.8) is 0 Å². The lowest BCUT2D eigenvalue weighted by Crippen LogP contribution is -2.49. The number of carbonyl (C=O) groups excluding carboxylic acids is 1. The van der Waals surface area contributed by atoms with Crippen molar-refractivity contribution in [2.45, 2.75) is 32.5 Å². The number of aliphatic hydroxyl groups excluding tert-OH is 1. The van der Waals surface area contributed by atoms with Crippen LogP contribution in [-0.2, 0) is 6.54 Å². The molecule has 0 radical (unpaired) electrons. The van der Waals surface area contributed by atoms with Crippen LogP contribution in [0.1, 0.15) is 40.1 Å². The van der Waals surface area contributed by atoms with Crippen LogP contribution in [0.4, 0.5) is 5.69 Å². The van der Waals surface area contributed by atoms with Gasteiger partial charge in [-0.25, -0.2) is 4.79 Å². The normalized spacial score (nSPS) is 19.1. The van der Waals surface area contributed by atoms with Crippen molar-refractivity contribution in [1.82, 2.24) is 9.80 Å². The van der Waals surface area contributed by atoms with E-state index in [1.54, 1.807) is 17.0 Å². The first-order valence-electron chi connectivity index (χ1n) is 11.5. The number of likely N-dealkylation sites (N-methyl/N-ethyl adjacent to an activating group) is 1. The van der Waals surface area contributed by atoms with Crippen molar-refractivity contribution >= 4 is 17.6 Å². The highest BCUT2D eigenvalue weighted by Crippen LogP contribution is 2.31. The predicted octanol–water partition coefficient (Wildman–Crippen LogP) is 2.80. The number of hydrogen-bond donors (Lipinski definition) is 2. The van der Waals surface area contributed by atoms with E-state index in [1.807, 2.05) is 63.3 Å². The number of nitrogens with zero attached hydrogens (tertiary/aromatic N) is 3. The molecular weight excluding hydrogens is 434 g/mol. The van der Waals surface area contributed by atoms with E-state index in [0.717, 1.165) is 11.3 Å². The van der Waals surface area contributed by atoms with Crippen molar-refractivity contribution in [2.75, 3.05) is 45.7 Å². The summed E-state index contributed by atoms with van der Waals surface area (Å²) in [5, 5.41) is 18.9. The van der Waals surface area contributed by atoms with E-state index in [4.69, 9.17) is 9.84 Å². The topological polar surface area (TPSA) is 93.6 Å². The third-order valence-electron chi connectivity index (χ3n) is 6.31. The van der Waals surface area contributed by atoms with Gasteiger partial charge in [0.05, 0.1) is 23.8 Å². The molecule has 3 atom stereocenters. The van der Waals surface area contributed by atoms with Crippen molar-refractivity contribution in [3.8, 4) is 5.75 Å². The molecule has 1 heterocycles. The van der Waals surface area contributed by atoms with E-state index in [2.05, 4.69) is 11.8 Å². The maximum absolute atomic E-state index is 13.4. The van der Waals surface area contributed by atoms with Crippen LogP contribution in [0, 0.1) is 5.92 Å². The molecule has 0 bridgehead atoms. The Morgan fingerprint density at radius 2 is 1.85 bits per heavy atom. The molecule has 0 saturated heterocycles. The number of carboxylic acid groups (broad SMARTS) is 1. The fraction of sp³-hybridized carbons (Fsp3) is 0.462. The van der Waals surface area contributed by atoms with Crippen LogP contribution in [0.25, 0.3) is 0 Å². The van der Waals surface area contributed by atoms with Crippen LogP contribution in [0.15, 0.2) is 42.5 Å². The lowest BCUT2D eigenvalue weighted by atomic mass is 9.99. The number of anilines is 1. The Hall–Kier alpha value is -3.10. The number of benzene rings is 2. The van der Waals surface area contributed by atoms with Gasteiger partial charge in [0.15, 0.2) is 0 Å². The molecule has 0 saturated carbocycles. The second kappa shape index (κ2) is 10.9. The summed E-state index contributed by atoms with van der Waals surface area (Å²) in [4.78, 5) is 30.3. The Bertz CT molecular complexity index is 1010. The molecule has 2 N–H and O–H groups in total. The van der Waals surface area contributed by atoms with Crippen molar-refractivity contribution in [1.29, 1.82) is 0 Å². The lowest BCUT2D eigenvalue weighted by molar-refractivity contribution is 0.0341. The number of fused-ring (bicyclic) bond motifs is 1. The minimum Gasteiger partial charge on any atom is -0.488 e. The van der Waals surface area contributed by atoms with Gasteiger partial charge in [-0.2, -0.15) is 0 Å². The fourth-order valence-electron chi connectivity index (χ4n) is 4.14. The average Bonchev–Trinajstić information content (AvgIpc) is 2.80. The van der Waals surface area contributed by atoms with Crippen molar-refractivity contribution < 1.29 is 24.5 Å². The second-order valence-electron chi connectivity index (χ2n) is 9.40. The van der Waals surface area contributed by atoms with Gasteiger partial charge in [-0.05, 0) is 49.9 Å². The van der Waals surface area contributed by atoms with Gasteiger partial charge in [0, 0.05) is 45.3 Å². The van der Waals surface area contributed by atoms with Crippen LogP contribution in [0.2, 0.25) is 0 Å². The zero-order valence-electron chi connectivity index (χ0n) is 20.6. The Morgan fingerprint density at radius 3 is 2.44 bits per heavy atom. The van der Waals surface area contributed by atoms with Crippen molar-refractivity contribution in [2.24, 2.45) is 5.92 Å². The number of ether oxygens (including phenoxy) is 1. The summed E-state index contributed by atoms with van der Waals surface area (Å²) in [5.41, 5.74) is 2.67. The summed E-state index contributed by atoms with van der Waals surface area (Å²) in [6.45, 7) is 5.52. The van der Waals surface area contributed by atoms with E-state index in [0.29, 0.717) is 30.9 Å². The first-order chi connectivity index (χ1) is 16.1. The number of aliphatic hydroxyl groups is 1. The second-order valence-corrected chi connectivity index (χ2v) is 9.40. The zero-order chi connectivity index (χ0) is 25.0. The van der Waals surface area contributed by atoms with Gasteiger partial charge in [-0.3, -0.25) is 9.69 Å². The fourth-order valence-corrected chi connectivity index (χ4v) is 4.14. The highest BCUT2D eigenvalue weighted by atomic mass is 16.5. The molecule has 1 aliphatic rings. The van der Waals surface area contributed by atoms with Gasteiger partial charge in [0.2, 0.25) is 0 Å². The summed E-state index contributed by atoms with van der Waals surface area (Å²) >= 11 is 0. The molecule has 1 amide bonds. The quantitative estimate of drug-likeness (QED) is 0.614. The Kier molecular flexibility index (Phi) is 8.17. The highest BCUT2D eigenvalue weighted by Gasteiger charge is 2.33. The SMILES string of the molecule is C[C@H]1CN([C@@H](C)CO)C(=O)c2cc(N(C)C)ccc2O[C@@H]1CN(C)Cc1ccc(C(=O)O)cc1. The number of aromatic carboxylic acids is 1. The molecule has 184 valence electrons. The highest BCUT2D eigenvalue weighted by molar-refractivity contribution is 5.98. The van der Waals surface area contributed by atoms with Gasteiger partial charge in [0.1, 0.15) is 11.9 Å². The molecule has 2 aromatic rings. The van der Waals surface area contributed by atoms with Gasteiger partial charge < -0.3 is 24.7 Å². The molecule has 8 heteroatoms. The van der Waals surface area contributed by atoms with Gasteiger partial charge in [-0.15, -0.1) is 0 Å². The van der Waals surface area contributed by atoms with Crippen LogP contribution in [0.3, 0.4) is 0 Å². The molecule has 0 aliphatic carbocycles. The average molecular weight is 470 g/mol. The third-order valence-corrected chi connectivity index (χ3v) is 6.31. The number of carbonyl (C=O) groups is 2. The molecule has 1 aliphatic heterocycles. The third kappa shape index (κ3) is 5.87. The minimum atomic E-state index is -0.941. The van der Waals surface area contributed by atoms with E-state index in [1.165, 1.54) is 0 Å². The molecule has 34 heavy (non-hydrogen) atoms. The van der Waals surface area contributed by atoms with Crippen LogP contribution < -0.4 is 9.64 Å². The maximum atomic E-state index is 13.4. The van der Waals surface area contributed by atoms with Gasteiger partial charge >= 0.3 is 5.97 Å². The molecule has 0 unspecified atom stereocenters. The van der Waals surface area contributed by atoms with Crippen molar-refractivity contribution in [3.05, 3.63) is 59.2 Å². The van der Waals surface area contributed by atoms with E-state index < -0.39 is 5.97 Å². The molecule has 8 nitrogen and oxygen atoms in total. The monoisotopic (exact) mass is 469 g/mol. The van der Waals surface area contributed by atoms with Gasteiger partial charge in [0.25, 0.3) is 5.91 Å². The summed E-state index contributed by atoms with van der Waals surface area (Å²) < 4.78 is 6.43. The Balaban J connectivity index is 1.85. The zero-order valence-corrected chi connectivity index (χ0v) is 20.6. The first-order valence-corrected chi connectivity index (χ1v) is 11.5. The number of amides is 1. The van der Waals surface area contributed by atoms with E-state index >= 15 is 0 Å². The minimum absolute atomic E-state index is 0.0245. The Labute approximate surface area is 201 Å². The van der Waals surface area contributed by atoms with Crippen LogP contribution >= 0.6 is 0 Å². The largest absolute Gasteiger partial charge is 0.488 e. The van der Waals surface area contributed by atoms with Crippen LogP contribution in [0.5, 0.6) is 5.75 Å². The summed E-state index contributed by atoms with van der Waals surface area (Å²) in [7, 11) is 5.84. The van der Waals surface area contributed by atoms with E-state index in [-0.39, 0.29) is 36.1 Å². The Morgan fingerprint density at radius 1 is 1.18 bits per heavy atom.